The summed E-state index contributed by atoms with van der Waals surface area (Å²) in [6, 6.07) is 21.0. The highest BCUT2D eigenvalue weighted by Gasteiger charge is 2.16. The Morgan fingerprint density at radius 1 is 0.682 bits per heavy atom. The van der Waals surface area contributed by atoms with Gasteiger partial charge in [-0.2, -0.15) is 0 Å². The molecule has 0 saturated heterocycles. The molecule has 0 N–H and O–H groups in total. The van der Waals surface area contributed by atoms with Crippen molar-refractivity contribution in [1.82, 2.24) is 4.57 Å². The Balaban J connectivity index is 2.01. The van der Waals surface area contributed by atoms with Crippen molar-refractivity contribution in [2.75, 3.05) is 0 Å². The Morgan fingerprint density at radius 2 is 1.27 bits per heavy atom. The highest BCUT2D eigenvalue weighted by atomic mass is 32.1. The van der Waals surface area contributed by atoms with Crippen LogP contribution >= 0.6 is 35.3 Å². The van der Waals surface area contributed by atoms with Gasteiger partial charge in [-0.3, -0.25) is 0 Å². The van der Waals surface area contributed by atoms with Gasteiger partial charge in [0.05, 0.1) is 31.7 Å². The number of thiophene rings is 2. The highest BCUT2D eigenvalue weighted by molar-refractivity contribution is 7.80. The average Bonchev–Trinajstić information content (AvgIpc) is 3.27. The van der Waals surface area contributed by atoms with E-state index in [1.54, 1.807) is 22.7 Å². The number of nitrogens with zero attached hydrogens (tertiary/aromatic N) is 1. The first-order chi connectivity index (χ1) is 10.8. The van der Waals surface area contributed by atoms with Crippen LogP contribution in [0.25, 0.3) is 26.8 Å². The maximum atomic E-state index is 5.56. The SMILES string of the molecule is [S]c1ccccc1-n1c(-c2cccs2)ccc1-c1cccs1. The number of hydrogen-bond acceptors (Lipinski definition) is 2. The Labute approximate surface area is 142 Å². The van der Waals surface area contributed by atoms with Crippen LogP contribution in [0.1, 0.15) is 0 Å². The van der Waals surface area contributed by atoms with Gasteiger partial charge >= 0.3 is 0 Å². The fourth-order valence-electron chi connectivity index (χ4n) is 2.57. The van der Waals surface area contributed by atoms with Gasteiger partial charge in [-0.1, -0.05) is 36.9 Å². The van der Waals surface area contributed by atoms with Crippen LogP contribution < -0.4 is 0 Å². The minimum Gasteiger partial charge on any atom is -0.306 e. The number of rotatable bonds is 3. The summed E-state index contributed by atoms with van der Waals surface area (Å²) >= 11 is 9.06. The van der Waals surface area contributed by atoms with E-state index in [1.165, 1.54) is 21.1 Å². The van der Waals surface area contributed by atoms with Crippen LogP contribution in [-0.4, -0.2) is 4.57 Å². The Morgan fingerprint density at radius 3 is 1.77 bits per heavy atom. The van der Waals surface area contributed by atoms with Gasteiger partial charge in [0.2, 0.25) is 0 Å². The van der Waals surface area contributed by atoms with Crippen molar-refractivity contribution < 1.29 is 0 Å². The third-order valence-corrected chi connectivity index (χ3v) is 5.66. The predicted molar refractivity (Wildman–Crippen MR) is 98.3 cm³/mol. The van der Waals surface area contributed by atoms with Crippen LogP contribution in [0.4, 0.5) is 0 Å². The van der Waals surface area contributed by atoms with Crippen molar-refractivity contribution in [3.05, 3.63) is 71.4 Å². The van der Waals surface area contributed by atoms with E-state index in [4.69, 9.17) is 12.6 Å². The standard InChI is InChI=1S/C18H12NS3/c20-16-6-2-1-5-13(16)19-14(17-7-3-11-21-17)9-10-15(19)18-8-4-12-22-18/h1-12H. The molecule has 3 aromatic heterocycles. The van der Waals surface area contributed by atoms with Gasteiger partial charge in [0.25, 0.3) is 0 Å². The van der Waals surface area contributed by atoms with Gasteiger partial charge in [-0.05, 0) is 47.2 Å². The smallest absolute Gasteiger partial charge is 0.0643 e. The third kappa shape index (κ3) is 2.29. The van der Waals surface area contributed by atoms with Crippen LogP contribution in [0.5, 0.6) is 0 Å². The summed E-state index contributed by atoms with van der Waals surface area (Å²) in [5.41, 5.74) is 3.45. The molecule has 4 rings (SSSR count). The van der Waals surface area contributed by atoms with Gasteiger partial charge in [0, 0.05) is 0 Å². The zero-order valence-electron chi connectivity index (χ0n) is 11.6. The first kappa shape index (κ1) is 13.8. The molecule has 0 bridgehead atoms. The molecule has 0 aliphatic rings. The second-order valence-electron chi connectivity index (χ2n) is 4.86. The second kappa shape index (κ2) is 5.72. The van der Waals surface area contributed by atoms with Crippen LogP contribution in [0.15, 0.2) is 76.3 Å². The molecular formula is C18H12NS3. The normalized spacial score (nSPS) is 10.9. The number of hydrogen-bond donors (Lipinski definition) is 0. The van der Waals surface area contributed by atoms with Crippen molar-refractivity contribution in [3.8, 4) is 26.8 Å². The lowest BCUT2D eigenvalue weighted by molar-refractivity contribution is 1.06. The molecule has 107 valence electrons. The lowest BCUT2D eigenvalue weighted by Gasteiger charge is -2.14. The van der Waals surface area contributed by atoms with E-state index in [-0.39, 0.29) is 0 Å². The largest absolute Gasteiger partial charge is 0.306 e. The molecular weight excluding hydrogens is 326 g/mol. The lowest BCUT2D eigenvalue weighted by atomic mass is 10.2. The van der Waals surface area contributed by atoms with E-state index in [0.717, 1.165) is 10.6 Å². The molecule has 1 radical (unpaired) electrons. The Kier molecular flexibility index (Phi) is 3.58. The van der Waals surface area contributed by atoms with E-state index >= 15 is 0 Å². The van der Waals surface area contributed by atoms with Crippen LogP contribution in [0.2, 0.25) is 0 Å². The van der Waals surface area contributed by atoms with Crippen LogP contribution in [0, 0.1) is 0 Å². The monoisotopic (exact) mass is 338 g/mol. The lowest BCUT2D eigenvalue weighted by Crippen LogP contribution is -1.99. The fraction of sp³-hybridized carbons (Fsp3) is 0. The number of benzene rings is 1. The maximum Gasteiger partial charge on any atom is 0.0643 e. The highest BCUT2D eigenvalue weighted by Crippen LogP contribution is 2.37. The van der Waals surface area contributed by atoms with Gasteiger partial charge in [-0.25, -0.2) is 0 Å². The molecule has 0 saturated carbocycles. The number of para-hydroxylation sites is 1. The van der Waals surface area contributed by atoms with E-state index in [2.05, 4.69) is 57.8 Å². The summed E-state index contributed by atoms with van der Waals surface area (Å²) in [6.07, 6.45) is 0. The quantitative estimate of drug-likeness (QED) is 0.402. The summed E-state index contributed by atoms with van der Waals surface area (Å²) in [5.74, 6) is 0. The van der Waals surface area contributed by atoms with Gasteiger partial charge in [0.1, 0.15) is 0 Å². The van der Waals surface area contributed by atoms with Crippen molar-refractivity contribution >= 4 is 35.3 Å². The molecule has 1 aromatic carbocycles. The molecule has 0 amide bonds. The molecule has 0 fully saturated rings. The van der Waals surface area contributed by atoms with Crippen molar-refractivity contribution in [2.24, 2.45) is 0 Å². The zero-order valence-corrected chi connectivity index (χ0v) is 14.0. The van der Waals surface area contributed by atoms with E-state index < -0.39 is 0 Å². The zero-order chi connectivity index (χ0) is 14.9. The Bertz CT molecular complexity index is 835. The molecule has 1 nitrogen and oxygen atoms in total. The fourth-order valence-corrected chi connectivity index (χ4v) is 4.29. The molecule has 0 unspecified atom stereocenters. The minimum atomic E-state index is 0.870. The van der Waals surface area contributed by atoms with Crippen molar-refractivity contribution in [1.29, 1.82) is 0 Å². The van der Waals surface area contributed by atoms with Crippen molar-refractivity contribution in [3.63, 3.8) is 0 Å². The molecule has 4 aromatic rings. The molecule has 0 aliphatic heterocycles. The van der Waals surface area contributed by atoms with Crippen molar-refractivity contribution in [2.45, 2.75) is 4.90 Å². The van der Waals surface area contributed by atoms with E-state index in [1.807, 2.05) is 18.2 Å². The molecule has 4 heteroatoms. The van der Waals surface area contributed by atoms with E-state index in [9.17, 15) is 0 Å². The summed E-state index contributed by atoms with van der Waals surface area (Å²) in [6.45, 7) is 0. The molecule has 0 atom stereocenters. The first-order valence-corrected chi connectivity index (χ1v) is 9.07. The van der Waals surface area contributed by atoms with Gasteiger partial charge < -0.3 is 4.57 Å². The Hall–Kier alpha value is -1.88. The molecule has 0 aliphatic carbocycles. The van der Waals surface area contributed by atoms with E-state index in [0.29, 0.717) is 0 Å². The summed E-state index contributed by atoms with van der Waals surface area (Å²) in [5, 5.41) is 4.22. The van der Waals surface area contributed by atoms with Crippen LogP contribution in [0.3, 0.4) is 0 Å². The topological polar surface area (TPSA) is 4.93 Å². The molecule has 0 spiro atoms. The van der Waals surface area contributed by atoms with Gasteiger partial charge in [-0.15, -0.1) is 22.7 Å². The molecule has 3 heterocycles. The summed E-state index contributed by atoms with van der Waals surface area (Å²) in [4.78, 5) is 3.37. The van der Waals surface area contributed by atoms with Crippen LogP contribution in [-0.2, 0) is 0 Å². The molecule has 22 heavy (non-hydrogen) atoms. The minimum absolute atomic E-state index is 0.870. The van der Waals surface area contributed by atoms with Gasteiger partial charge in [0.15, 0.2) is 0 Å². The summed E-state index contributed by atoms with van der Waals surface area (Å²) in [7, 11) is 0. The predicted octanol–water partition coefficient (Wildman–Crippen LogP) is 6.49. The second-order valence-corrected chi connectivity index (χ2v) is 7.20. The maximum absolute atomic E-state index is 5.56. The average molecular weight is 339 g/mol. The third-order valence-electron chi connectivity index (χ3n) is 3.53. The number of aromatic nitrogens is 1. The summed E-state index contributed by atoms with van der Waals surface area (Å²) < 4.78 is 2.28. The first-order valence-electron chi connectivity index (χ1n) is 6.90.